The van der Waals surface area contributed by atoms with E-state index in [1.54, 1.807) is 0 Å². The fourth-order valence-electron chi connectivity index (χ4n) is 4.60. The molecule has 0 spiro atoms. The third-order valence-electron chi connectivity index (χ3n) is 6.67. The van der Waals surface area contributed by atoms with Crippen LogP contribution in [0.5, 0.6) is 0 Å². The van der Waals surface area contributed by atoms with Gasteiger partial charge in [0.05, 0.1) is 23.8 Å². The number of anilines is 1. The van der Waals surface area contributed by atoms with Crippen molar-refractivity contribution in [1.82, 2.24) is 24.8 Å². The number of hydrogen-bond donors (Lipinski definition) is 2. The summed E-state index contributed by atoms with van der Waals surface area (Å²) in [5, 5.41) is 6.30. The number of aromatic nitrogens is 3. The zero-order chi connectivity index (χ0) is 25.8. The topological polar surface area (TPSA) is 106 Å². The number of rotatable bonds is 4. The van der Waals surface area contributed by atoms with Crippen molar-refractivity contribution in [1.29, 1.82) is 0 Å². The number of amides is 2. The normalized spacial score (nSPS) is 20.5. The first kappa shape index (κ1) is 23.9. The van der Waals surface area contributed by atoms with Crippen LogP contribution in [-0.4, -0.2) is 56.6 Å². The lowest BCUT2D eigenvalue weighted by Crippen LogP contribution is -2.42. The predicted octanol–water partition coefficient (Wildman–Crippen LogP) is 3.22. The first-order valence-corrected chi connectivity index (χ1v) is 11.3. The van der Waals surface area contributed by atoms with Gasteiger partial charge in [0, 0.05) is 23.6 Å². The standard InChI is InChI=1S/C23H21F5N6O2/c24-14-5-12(18-7-15(23(26,27)28)19-20(29)30-10-31-34(18)19)4-13(6-14)21(35)32-17-9-33(8-16(17)25)22(36)11-2-1-3-11/h4-7,10-11,16-17H,1-3,8-9H2,(H,32,35)(H2,29,30,31)/t16-,17+/m0/s1. The quantitative estimate of drug-likeness (QED) is 0.527. The molecule has 3 aromatic rings. The van der Waals surface area contributed by atoms with Crippen molar-refractivity contribution in [3.05, 3.63) is 47.5 Å². The highest BCUT2D eigenvalue weighted by atomic mass is 19.4. The number of halogens is 5. The van der Waals surface area contributed by atoms with E-state index in [0.29, 0.717) is 0 Å². The van der Waals surface area contributed by atoms with E-state index in [-0.39, 0.29) is 41.7 Å². The second-order valence-corrected chi connectivity index (χ2v) is 9.04. The maximum atomic E-state index is 14.6. The summed E-state index contributed by atoms with van der Waals surface area (Å²) in [7, 11) is 0. The van der Waals surface area contributed by atoms with E-state index in [4.69, 9.17) is 5.73 Å². The number of hydrogen-bond acceptors (Lipinski definition) is 5. The minimum absolute atomic E-state index is 0.0150. The van der Waals surface area contributed by atoms with Crippen LogP contribution in [0.3, 0.4) is 0 Å². The molecule has 0 bridgehead atoms. The van der Waals surface area contributed by atoms with Crippen molar-refractivity contribution < 1.29 is 31.5 Å². The molecule has 2 aliphatic rings. The summed E-state index contributed by atoms with van der Waals surface area (Å²) in [6, 6.07) is 2.77. The number of carbonyl (C=O) groups excluding carboxylic acids is 2. The monoisotopic (exact) mass is 508 g/mol. The van der Waals surface area contributed by atoms with Crippen LogP contribution in [0.4, 0.5) is 27.8 Å². The Kier molecular flexibility index (Phi) is 5.80. The molecule has 5 rings (SSSR count). The fraction of sp³-hybridized carbons (Fsp3) is 0.391. The van der Waals surface area contributed by atoms with Gasteiger partial charge in [-0.3, -0.25) is 9.59 Å². The molecule has 2 aromatic heterocycles. The van der Waals surface area contributed by atoms with Gasteiger partial charge in [0.15, 0.2) is 5.82 Å². The van der Waals surface area contributed by atoms with Gasteiger partial charge in [0.25, 0.3) is 5.91 Å². The molecule has 1 aliphatic heterocycles. The maximum Gasteiger partial charge on any atom is 0.418 e. The van der Waals surface area contributed by atoms with E-state index < -0.39 is 47.0 Å². The smallest absolute Gasteiger partial charge is 0.382 e. The molecule has 190 valence electrons. The van der Waals surface area contributed by atoms with Crippen LogP contribution < -0.4 is 11.1 Å². The number of nitrogen functional groups attached to an aromatic ring is 1. The average molecular weight is 508 g/mol. The highest BCUT2D eigenvalue weighted by Crippen LogP contribution is 2.39. The van der Waals surface area contributed by atoms with Crippen LogP contribution in [0.15, 0.2) is 30.6 Å². The molecular weight excluding hydrogens is 487 g/mol. The third-order valence-corrected chi connectivity index (χ3v) is 6.67. The Morgan fingerprint density at radius 3 is 2.53 bits per heavy atom. The lowest BCUT2D eigenvalue weighted by molar-refractivity contribution is -0.137. The zero-order valence-corrected chi connectivity index (χ0v) is 18.7. The molecule has 1 aliphatic carbocycles. The second kappa shape index (κ2) is 8.71. The molecule has 1 saturated heterocycles. The Balaban J connectivity index is 1.43. The highest BCUT2D eigenvalue weighted by Gasteiger charge is 2.40. The van der Waals surface area contributed by atoms with Crippen molar-refractivity contribution in [2.45, 2.75) is 37.7 Å². The molecule has 2 amide bonds. The van der Waals surface area contributed by atoms with Gasteiger partial charge in [-0.1, -0.05) is 6.42 Å². The van der Waals surface area contributed by atoms with Gasteiger partial charge in [-0.15, -0.1) is 0 Å². The number of likely N-dealkylation sites (tertiary alicyclic amines) is 1. The van der Waals surface area contributed by atoms with Gasteiger partial charge >= 0.3 is 6.18 Å². The van der Waals surface area contributed by atoms with Gasteiger partial charge in [-0.2, -0.15) is 18.3 Å². The molecular formula is C23H21F5N6O2. The van der Waals surface area contributed by atoms with Crippen molar-refractivity contribution in [2.24, 2.45) is 5.92 Å². The molecule has 3 N–H and O–H groups in total. The summed E-state index contributed by atoms with van der Waals surface area (Å²) in [5.41, 5.74) is 3.56. The predicted molar refractivity (Wildman–Crippen MR) is 118 cm³/mol. The van der Waals surface area contributed by atoms with Crippen LogP contribution in [0.2, 0.25) is 0 Å². The van der Waals surface area contributed by atoms with E-state index in [0.717, 1.165) is 48.3 Å². The van der Waals surface area contributed by atoms with E-state index >= 15 is 0 Å². The van der Waals surface area contributed by atoms with Gasteiger partial charge in [-0.05, 0) is 37.1 Å². The summed E-state index contributed by atoms with van der Waals surface area (Å²) in [6.07, 6.45) is -2.87. The Morgan fingerprint density at radius 2 is 1.86 bits per heavy atom. The molecule has 1 aromatic carbocycles. The Labute approximate surface area is 201 Å². The SMILES string of the molecule is Nc1ncnn2c(-c3cc(F)cc(C(=O)N[C@@H]4CN(C(=O)C5CCC5)C[C@@H]4F)c3)cc(C(F)(F)F)c12. The van der Waals surface area contributed by atoms with Crippen molar-refractivity contribution in [2.75, 3.05) is 18.8 Å². The summed E-state index contributed by atoms with van der Waals surface area (Å²) in [5.74, 6) is -2.40. The van der Waals surface area contributed by atoms with Gasteiger partial charge in [0.2, 0.25) is 5.91 Å². The first-order chi connectivity index (χ1) is 17.0. The van der Waals surface area contributed by atoms with Gasteiger partial charge in [0.1, 0.15) is 23.8 Å². The number of benzene rings is 1. The van der Waals surface area contributed by atoms with E-state index in [2.05, 4.69) is 15.4 Å². The van der Waals surface area contributed by atoms with Crippen LogP contribution in [0.1, 0.15) is 35.2 Å². The number of carbonyl (C=O) groups is 2. The van der Waals surface area contributed by atoms with Gasteiger partial charge in [-0.25, -0.2) is 18.3 Å². The zero-order valence-electron chi connectivity index (χ0n) is 18.7. The molecule has 36 heavy (non-hydrogen) atoms. The minimum atomic E-state index is -4.79. The number of alkyl halides is 4. The molecule has 0 unspecified atom stereocenters. The number of nitrogens with two attached hydrogens (primary N) is 1. The highest BCUT2D eigenvalue weighted by molar-refractivity contribution is 5.96. The summed E-state index contributed by atoms with van der Waals surface area (Å²) in [4.78, 5) is 30.3. The number of nitrogens with zero attached hydrogens (tertiary/aromatic N) is 4. The first-order valence-electron chi connectivity index (χ1n) is 11.3. The number of nitrogens with one attached hydrogen (secondary N) is 1. The third kappa shape index (κ3) is 4.22. The van der Waals surface area contributed by atoms with Crippen LogP contribution in [-0.2, 0) is 11.0 Å². The Morgan fingerprint density at radius 1 is 1.11 bits per heavy atom. The second-order valence-electron chi connectivity index (χ2n) is 9.04. The molecule has 2 atom stereocenters. The summed E-state index contributed by atoms with van der Waals surface area (Å²) in [6.45, 7) is -0.162. The van der Waals surface area contributed by atoms with Crippen molar-refractivity contribution in [3.63, 3.8) is 0 Å². The lowest BCUT2D eigenvalue weighted by Gasteiger charge is -2.28. The molecule has 2 fully saturated rings. The van der Waals surface area contributed by atoms with Gasteiger partial charge < -0.3 is 16.0 Å². The van der Waals surface area contributed by atoms with Crippen molar-refractivity contribution >= 4 is 23.1 Å². The summed E-state index contributed by atoms with van der Waals surface area (Å²) >= 11 is 0. The Hall–Kier alpha value is -3.77. The van der Waals surface area contributed by atoms with Crippen LogP contribution >= 0.6 is 0 Å². The average Bonchev–Trinajstić information content (AvgIpc) is 3.34. The molecule has 0 radical (unpaired) electrons. The fourth-order valence-corrected chi connectivity index (χ4v) is 4.60. The largest absolute Gasteiger partial charge is 0.418 e. The Bertz CT molecular complexity index is 1350. The molecule has 8 nitrogen and oxygen atoms in total. The van der Waals surface area contributed by atoms with E-state index in [1.165, 1.54) is 11.0 Å². The van der Waals surface area contributed by atoms with Crippen LogP contribution in [0.25, 0.3) is 16.8 Å². The molecule has 1 saturated carbocycles. The maximum absolute atomic E-state index is 14.6. The lowest BCUT2D eigenvalue weighted by atomic mass is 9.84. The summed E-state index contributed by atoms with van der Waals surface area (Å²) < 4.78 is 70.8. The van der Waals surface area contributed by atoms with Crippen molar-refractivity contribution in [3.8, 4) is 11.3 Å². The minimum Gasteiger partial charge on any atom is -0.382 e. The molecule has 13 heteroatoms. The molecule has 3 heterocycles. The van der Waals surface area contributed by atoms with E-state index in [9.17, 15) is 31.5 Å². The number of fused-ring (bicyclic) bond motifs is 1. The van der Waals surface area contributed by atoms with E-state index in [1.807, 2.05) is 0 Å². The van der Waals surface area contributed by atoms with Crippen LogP contribution in [0, 0.1) is 11.7 Å².